The van der Waals surface area contributed by atoms with Crippen molar-refractivity contribution in [1.82, 2.24) is 20.0 Å². The Kier molecular flexibility index (Phi) is 6.13. The molecule has 4 fully saturated rings. The normalized spacial score (nSPS) is 32.6. The van der Waals surface area contributed by atoms with E-state index >= 15 is 0 Å². The van der Waals surface area contributed by atoms with E-state index in [0.717, 1.165) is 31.5 Å². The Morgan fingerprint density at radius 2 is 1.91 bits per heavy atom. The quantitative estimate of drug-likeness (QED) is 0.524. The minimum atomic E-state index is -0.755. The predicted octanol–water partition coefficient (Wildman–Crippen LogP) is 2.96. The van der Waals surface area contributed by atoms with Crippen molar-refractivity contribution >= 4 is 17.8 Å². The molecule has 6 rings (SSSR count). The number of fused-ring (bicyclic) bond motifs is 6. The highest BCUT2D eigenvalue weighted by atomic mass is 16.2. The van der Waals surface area contributed by atoms with E-state index in [9.17, 15) is 14.4 Å². The highest BCUT2D eigenvalue weighted by Gasteiger charge is 2.48. The van der Waals surface area contributed by atoms with E-state index in [2.05, 4.69) is 16.3 Å². The molecule has 2 bridgehead atoms. The summed E-state index contributed by atoms with van der Waals surface area (Å²) < 4.78 is 0. The highest BCUT2D eigenvalue weighted by Crippen LogP contribution is 2.45. The number of hydrogen-bond donors (Lipinski definition) is 1. The SMILES string of the molecule is O=C1N[C@@H](CC(=O)N2CCCC3=C[C@H]4C[C@@H](CN5CCCC[C@@H]45)[C@@H]32)C(=O)N1CCc1ccccc1. The molecule has 4 aliphatic heterocycles. The number of hydrogen-bond acceptors (Lipinski definition) is 4. The van der Waals surface area contributed by atoms with Gasteiger partial charge in [-0.3, -0.25) is 19.4 Å². The maximum Gasteiger partial charge on any atom is 0.324 e. The van der Waals surface area contributed by atoms with Gasteiger partial charge in [0.15, 0.2) is 0 Å². The number of urea groups is 1. The standard InChI is InChI=1S/C28H36N4O3/c33-25(17-23-27(34)32(28(35)29-23)14-11-19-7-2-1-3-8-19)31-13-6-9-20-15-21-16-22(26(20)31)18-30-12-5-4-10-24(21)30/h1-3,7-8,15,21-24,26H,4-6,9-14,16-18H2,(H,29,35)/t21-,22-,23-,24-,26+/m0/s1. The molecule has 1 N–H and O–H groups in total. The number of piperidine rings is 3. The predicted molar refractivity (Wildman–Crippen MR) is 132 cm³/mol. The molecule has 7 nitrogen and oxygen atoms in total. The summed E-state index contributed by atoms with van der Waals surface area (Å²) in [6, 6.07) is 9.56. The summed E-state index contributed by atoms with van der Waals surface area (Å²) in [5.41, 5.74) is 2.53. The summed E-state index contributed by atoms with van der Waals surface area (Å²) in [7, 11) is 0. The zero-order chi connectivity index (χ0) is 23.9. The van der Waals surface area contributed by atoms with Crippen molar-refractivity contribution in [3.63, 3.8) is 0 Å². The second kappa shape index (κ2) is 9.41. The first-order chi connectivity index (χ1) is 17.1. The fraction of sp³-hybridized carbons (Fsp3) is 0.607. The van der Waals surface area contributed by atoms with Gasteiger partial charge in [-0.25, -0.2) is 4.79 Å². The van der Waals surface area contributed by atoms with Gasteiger partial charge in [0.25, 0.3) is 5.91 Å². The molecular weight excluding hydrogens is 440 g/mol. The Bertz CT molecular complexity index is 1020. The molecule has 0 unspecified atom stereocenters. The summed E-state index contributed by atoms with van der Waals surface area (Å²) in [5, 5.41) is 2.78. The van der Waals surface area contributed by atoms with Gasteiger partial charge in [-0.05, 0) is 62.5 Å². The van der Waals surface area contributed by atoms with Crippen LogP contribution in [0.15, 0.2) is 42.0 Å². The average molecular weight is 477 g/mol. The van der Waals surface area contributed by atoms with Crippen molar-refractivity contribution in [2.45, 2.75) is 69.5 Å². The molecule has 1 aromatic rings. The minimum absolute atomic E-state index is 0.00313. The van der Waals surface area contributed by atoms with Crippen LogP contribution in [0.4, 0.5) is 4.79 Å². The van der Waals surface area contributed by atoms with Crippen LogP contribution in [0.2, 0.25) is 0 Å². The van der Waals surface area contributed by atoms with E-state index in [0.29, 0.717) is 30.8 Å². The van der Waals surface area contributed by atoms with Gasteiger partial charge in [-0.15, -0.1) is 0 Å². The third kappa shape index (κ3) is 4.28. The molecule has 7 heteroatoms. The van der Waals surface area contributed by atoms with Gasteiger partial charge in [0.1, 0.15) is 6.04 Å². The maximum atomic E-state index is 13.6. The lowest BCUT2D eigenvalue weighted by Crippen LogP contribution is -2.60. The van der Waals surface area contributed by atoms with Crippen molar-refractivity contribution in [2.75, 3.05) is 26.2 Å². The van der Waals surface area contributed by atoms with Crippen molar-refractivity contribution in [3.05, 3.63) is 47.5 Å². The van der Waals surface area contributed by atoms with Crippen LogP contribution in [0.1, 0.15) is 50.5 Å². The number of carbonyl (C=O) groups is 3. The van der Waals surface area contributed by atoms with Crippen LogP contribution in [-0.4, -0.2) is 76.8 Å². The van der Waals surface area contributed by atoms with Crippen LogP contribution in [0.25, 0.3) is 0 Å². The molecule has 4 heterocycles. The minimum Gasteiger partial charge on any atom is -0.336 e. The fourth-order valence-electron chi connectivity index (χ4n) is 7.36. The van der Waals surface area contributed by atoms with Crippen LogP contribution in [0.5, 0.6) is 0 Å². The molecule has 1 aromatic carbocycles. The lowest BCUT2D eigenvalue weighted by Gasteiger charge is -2.54. The Hall–Kier alpha value is -2.67. The van der Waals surface area contributed by atoms with E-state index < -0.39 is 6.04 Å². The molecule has 4 saturated heterocycles. The molecule has 186 valence electrons. The van der Waals surface area contributed by atoms with Crippen molar-refractivity contribution < 1.29 is 14.4 Å². The zero-order valence-corrected chi connectivity index (χ0v) is 20.4. The maximum absolute atomic E-state index is 13.6. The number of likely N-dealkylation sites (tertiary alicyclic amines) is 1. The smallest absolute Gasteiger partial charge is 0.324 e. The number of carbonyl (C=O) groups excluding carboxylic acids is 3. The van der Waals surface area contributed by atoms with E-state index in [-0.39, 0.29) is 30.3 Å². The summed E-state index contributed by atoms with van der Waals surface area (Å²) in [6.07, 6.45) is 10.3. The first-order valence-electron chi connectivity index (χ1n) is 13.5. The van der Waals surface area contributed by atoms with Crippen LogP contribution in [-0.2, 0) is 16.0 Å². The van der Waals surface area contributed by atoms with Gasteiger partial charge >= 0.3 is 6.03 Å². The fourth-order valence-corrected chi connectivity index (χ4v) is 7.36. The van der Waals surface area contributed by atoms with Gasteiger partial charge < -0.3 is 10.2 Å². The number of benzene rings is 1. The second-order valence-electron chi connectivity index (χ2n) is 11.0. The van der Waals surface area contributed by atoms with Gasteiger partial charge in [0, 0.05) is 25.7 Å². The molecule has 0 saturated carbocycles. The van der Waals surface area contributed by atoms with E-state index in [1.807, 2.05) is 35.2 Å². The van der Waals surface area contributed by atoms with Gasteiger partial charge in [0.2, 0.25) is 5.91 Å². The van der Waals surface area contributed by atoms with Gasteiger partial charge in [0.05, 0.1) is 12.5 Å². The number of amides is 4. The summed E-state index contributed by atoms with van der Waals surface area (Å²) in [5.74, 6) is 0.840. The van der Waals surface area contributed by atoms with E-state index in [4.69, 9.17) is 0 Å². The monoisotopic (exact) mass is 476 g/mol. The number of nitrogens with one attached hydrogen (secondary N) is 1. The first kappa shape index (κ1) is 22.8. The molecular formula is C28H36N4O3. The molecule has 0 radical (unpaired) electrons. The van der Waals surface area contributed by atoms with E-state index in [1.165, 1.54) is 42.7 Å². The Labute approximate surface area is 207 Å². The van der Waals surface area contributed by atoms with Crippen molar-refractivity contribution in [2.24, 2.45) is 11.8 Å². The van der Waals surface area contributed by atoms with Crippen LogP contribution in [0, 0.1) is 11.8 Å². The lowest BCUT2D eigenvalue weighted by molar-refractivity contribution is -0.139. The average Bonchev–Trinajstić information content (AvgIpc) is 3.14. The summed E-state index contributed by atoms with van der Waals surface area (Å²) in [4.78, 5) is 45.1. The summed E-state index contributed by atoms with van der Waals surface area (Å²) in [6.45, 7) is 3.35. The Balaban J connectivity index is 1.12. The molecule has 4 amide bonds. The zero-order valence-electron chi connectivity index (χ0n) is 20.4. The van der Waals surface area contributed by atoms with Crippen LogP contribution >= 0.6 is 0 Å². The third-order valence-electron chi connectivity index (χ3n) is 8.93. The second-order valence-corrected chi connectivity index (χ2v) is 11.0. The molecule has 1 aliphatic carbocycles. The van der Waals surface area contributed by atoms with Gasteiger partial charge in [-0.2, -0.15) is 0 Å². The molecule has 0 aromatic heterocycles. The van der Waals surface area contributed by atoms with Crippen molar-refractivity contribution in [3.8, 4) is 0 Å². The number of rotatable bonds is 5. The number of nitrogens with zero attached hydrogens (tertiary/aromatic N) is 3. The lowest BCUT2D eigenvalue weighted by atomic mass is 9.68. The number of imide groups is 1. The molecule has 0 spiro atoms. The highest BCUT2D eigenvalue weighted by molar-refractivity contribution is 6.05. The largest absolute Gasteiger partial charge is 0.336 e. The van der Waals surface area contributed by atoms with Crippen LogP contribution < -0.4 is 5.32 Å². The van der Waals surface area contributed by atoms with Crippen molar-refractivity contribution in [1.29, 1.82) is 0 Å². The van der Waals surface area contributed by atoms with Crippen LogP contribution in [0.3, 0.4) is 0 Å². The third-order valence-corrected chi connectivity index (χ3v) is 8.93. The summed E-state index contributed by atoms with van der Waals surface area (Å²) >= 11 is 0. The molecule has 35 heavy (non-hydrogen) atoms. The molecule has 5 aliphatic rings. The Morgan fingerprint density at radius 3 is 2.77 bits per heavy atom. The Morgan fingerprint density at radius 1 is 1.06 bits per heavy atom. The van der Waals surface area contributed by atoms with E-state index in [1.54, 1.807) is 0 Å². The molecule has 5 atom stereocenters. The first-order valence-corrected chi connectivity index (χ1v) is 13.5. The van der Waals surface area contributed by atoms with Gasteiger partial charge in [-0.1, -0.05) is 48.4 Å². The topological polar surface area (TPSA) is 73.0 Å².